The first kappa shape index (κ1) is 11.3. The van der Waals surface area contributed by atoms with Crippen LogP contribution in [0.1, 0.15) is 37.7 Å². The predicted octanol–water partition coefficient (Wildman–Crippen LogP) is 3.82. The van der Waals surface area contributed by atoms with Crippen LogP contribution < -0.4 is 0 Å². The van der Waals surface area contributed by atoms with Crippen LogP contribution in [0.15, 0.2) is 30.3 Å². The van der Waals surface area contributed by atoms with Crippen molar-refractivity contribution in [1.29, 1.82) is 0 Å². The lowest BCUT2D eigenvalue weighted by atomic mass is 9.87. The van der Waals surface area contributed by atoms with E-state index in [4.69, 9.17) is 4.74 Å². The van der Waals surface area contributed by atoms with E-state index in [-0.39, 0.29) is 0 Å². The fraction of sp³-hybridized carbons (Fsp3) is 0.625. The van der Waals surface area contributed by atoms with Crippen LogP contribution in [0, 0.1) is 11.8 Å². The fourth-order valence-electron chi connectivity index (χ4n) is 3.57. The minimum Gasteiger partial charge on any atom is -0.378 e. The fourth-order valence-corrected chi connectivity index (χ4v) is 3.57. The molecule has 17 heavy (non-hydrogen) atoms. The van der Waals surface area contributed by atoms with Crippen molar-refractivity contribution < 1.29 is 4.74 Å². The van der Waals surface area contributed by atoms with Gasteiger partial charge in [0.2, 0.25) is 0 Å². The molecular formula is C16H22O. The molecule has 2 aliphatic carbocycles. The SMILES string of the molecule is c1ccc(CCOC2CC3CCC(C3)C2)cc1. The van der Waals surface area contributed by atoms with Gasteiger partial charge in [0.05, 0.1) is 12.7 Å². The molecule has 0 saturated heterocycles. The summed E-state index contributed by atoms with van der Waals surface area (Å²) in [5.41, 5.74) is 1.39. The molecule has 3 rings (SSSR count). The second kappa shape index (κ2) is 5.22. The Morgan fingerprint density at radius 3 is 2.35 bits per heavy atom. The Labute approximate surface area is 104 Å². The summed E-state index contributed by atoms with van der Waals surface area (Å²) < 4.78 is 6.07. The van der Waals surface area contributed by atoms with E-state index >= 15 is 0 Å². The van der Waals surface area contributed by atoms with E-state index in [1.165, 1.54) is 37.7 Å². The number of ether oxygens (including phenoxy) is 1. The molecule has 0 N–H and O–H groups in total. The van der Waals surface area contributed by atoms with Gasteiger partial charge in [0.1, 0.15) is 0 Å². The molecule has 2 bridgehead atoms. The van der Waals surface area contributed by atoms with Gasteiger partial charge in [-0.25, -0.2) is 0 Å². The summed E-state index contributed by atoms with van der Waals surface area (Å²) in [5.74, 6) is 1.96. The molecule has 1 aromatic carbocycles. The van der Waals surface area contributed by atoms with E-state index in [0.29, 0.717) is 6.10 Å². The first-order valence-corrected chi connectivity index (χ1v) is 7.05. The molecule has 1 nitrogen and oxygen atoms in total. The van der Waals surface area contributed by atoms with Crippen LogP contribution in [0.3, 0.4) is 0 Å². The second-order valence-corrected chi connectivity index (χ2v) is 5.74. The molecule has 2 fully saturated rings. The zero-order valence-corrected chi connectivity index (χ0v) is 10.5. The Morgan fingerprint density at radius 1 is 0.941 bits per heavy atom. The Morgan fingerprint density at radius 2 is 1.65 bits per heavy atom. The standard InChI is InChI=1S/C16H22O/c1-2-4-13(5-3-1)8-9-17-16-11-14-6-7-15(10-14)12-16/h1-5,14-16H,6-12H2. The average molecular weight is 230 g/mol. The maximum absolute atomic E-state index is 6.07. The topological polar surface area (TPSA) is 9.23 Å². The Kier molecular flexibility index (Phi) is 3.46. The molecule has 0 aliphatic heterocycles. The van der Waals surface area contributed by atoms with E-state index in [0.717, 1.165) is 24.9 Å². The number of fused-ring (bicyclic) bond motifs is 2. The molecule has 92 valence electrons. The van der Waals surface area contributed by atoms with Crippen LogP contribution in [-0.4, -0.2) is 12.7 Å². The van der Waals surface area contributed by atoms with Crippen LogP contribution in [-0.2, 0) is 11.2 Å². The lowest BCUT2D eigenvalue weighted by Crippen LogP contribution is -2.24. The Hall–Kier alpha value is -0.820. The largest absolute Gasteiger partial charge is 0.378 e. The Bertz CT molecular complexity index is 334. The molecule has 0 spiro atoms. The summed E-state index contributed by atoms with van der Waals surface area (Å²) in [5, 5.41) is 0. The highest BCUT2D eigenvalue weighted by atomic mass is 16.5. The first-order valence-electron chi connectivity index (χ1n) is 7.05. The summed E-state index contributed by atoms with van der Waals surface area (Å²) in [6.45, 7) is 0.897. The van der Waals surface area contributed by atoms with Crippen LogP contribution in [0.4, 0.5) is 0 Å². The lowest BCUT2D eigenvalue weighted by molar-refractivity contribution is 0.0114. The van der Waals surface area contributed by atoms with Gasteiger partial charge in [0, 0.05) is 0 Å². The third kappa shape index (κ3) is 2.90. The van der Waals surface area contributed by atoms with Crippen molar-refractivity contribution in [2.45, 2.75) is 44.6 Å². The van der Waals surface area contributed by atoms with Crippen molar-refractivity contribution in [2.75, 3.05) is 6.61 Å². The van der Waals surface area contributed by atoms with Crippen LogP contribution >= 0.6 is 0 Å². The normalized spacial score (nSPS) is 31.6. The molecule has 0 radical (unpaired) electrons. The highest BCUT2D eigenvalue weighted by molar-refractivity contribution is 5.14. The van der Waals surface area contributed by atoms with Crippen molar-refractivity contribution in [3.05, 3.63) is 35.9 Å². The zero-order valence-electron chi connectivity index (χ0n) is 10.5. The molecule has 0 amide bonds. The van der Waals surface area contributed by atoms with Gasteiger partial charge in [0.25, 0.3) is 0 Å². The zero-order chi connectivity index (χ0) is 11.5. The van der Waals surface area contributed by atoms with Gasteiger partial charge in [0.15, 0.2) is 0 Å². The molecular weight excluding hydrogens is 208 g/mol. The summed E-state index contributed by atoms with van der Waals surface area (Å²) in [7, 11) is 0. The molecule has 2 unspecified atom stereocenters. The van der Waals surface area contributed by atoms with Gasteiger partial charge in [-0.1, -0.05) is 43.2 Å². The van der Waals surface area contributed by atoms with Crippen molar-refractivity contribution in [1.82, 2.24) is 0 Å². The molecule has 2 aliphatic rings. The number of benzene rings is 1. The molecule has 1 heteroatoms. The van der Waals surface area contributed by atoms with Gasteiger partial charge in [-0.2, -0.15) is 0 Å². The molecule has 1 aromatic rings. The minimum absolute atomic E-state index is 0.560. The molecule has 0 heterocycles. The van der Waals surface area contributed by atoms with E-state index in [9.17, 15) is 0 Å². The summed E-state index contributed by atoms with van der Waals surface area (Å²) in [4.78, 5) is 0. The van der Waals surface area contributed by atoms with E-state index in [2.05, 4.69) is 30.3 Å². The van der Waals surface area contributed by atoms with Crippen molar-refractivity contribution in [3.8, 4) is 0 Å². The van der Waals surface area contributed by atoms with Crippen molar-refractivity contribution in [3.63, 3.8) is 0 Å². The third-order valence-electron chi connectivity index (χ3n) is 4.43. The molecule has 0 aromatic heterocycles. The van der Waals surface area contributed by atoms with Crippen molar-refractivity contribution >= 4 is 0 Å². The van der Waals surface area contributed by atoms with E-state index < -0.39 is 0 Å². The number of rotatable bonds is 4. The number of hydrogen-bond acceptors (Lipinski definition) is 1. The lowest BCUT2D eigenvalue weighted by Gasteiger charge is -2.27. The van der Waals surface area contributed by atoms with Gasteiger partial charge in [-0.05, 0) is 43.1 Å². The van der Waals surface area contributed by atoms with Gasteiger partial charge >= 0.3 is 0 Å². The quantitative estimate of drug-likeness (QED) is 0.764. The smallest absolute Gasteiger partial charge is 0.0580 e. The van der Waals surface area contributed by atoms with Crippen LogP contribution in [0.5, 0.6) is 0 Å². The van der Waals surface area contributed by atoms with Crippen molar-refractivity contribution in [2.24, 2.45) is 11.8 Å². The van der Waals surface area contributed by atoms with E-state index in [1.54, 1.807) is 0 Å². The molecule has 2 atom stereocenters. The average Bonchev–Trinajstić information content (AvgIpc) is 2.70. The predicted molar refractivity (Wildman–Crippen MR) is 70.0 cm³/mol. The first-order chi connectivity index (χ1) is 8.40. The second-order valence-electron chi connectivity index (χ2n) is 5.74. The maximum Gasteiger partial charge on any atom is 0.0580 e. The summed E-state index contributed by atoms with van der Waals surface area (Å²) >= 11 is 0. The third-order valence-corrected chi connectivity index (χ3v) is 4.43. The summed E-state index contributed by atoms with van der Waals surface area (Å²) in [6, 6.07) is 10.7. The monoisotopic (exact) mass is 230 g/mol. The van der Waals surface area contributed by atoms with Crippen LogP contribution in [0.2, 0.25) is 0 Å². The van der Waals surface area contributed by atoms with Crippen LogP contribution in [0.25, 0.3) is 0 Å². The maximum atomic E-state index is 6.07. The van der Waals surface area contributed by atoms with E-state index in [1.807, 2.05) is 0 Å². The minimum atomic E-state index is 0.560. The highest BCUT2D eigenvalue weighted by Crippen LogP contribution is 2.42. The molecule has 2 saturated carbocycles. The Balaban J connectivity index is 1.43. The number of hydrogen-bond donors (Lipinski definition) is 0. The highest BCUT2D eigenvalue weighted by Gasteiger charge is 2.34. The van der Waals surface area contributed by atoms with Gasteiger partial charge in [-0.15, -0.1) is 0 Å². The summed E-state index contributed by atoms with van der Waals surface area (Å²) in [6.07, 6.45) is 8.68. The van der Waals surface area contributed by atoms with Gasteiger partial charge < -0.3 is 4.74 Å². The van der Waals surface area contributed by atoms with Gasteiger partial charge in [-0.3, -0.25) is 0 Å².